The van der Waals surface area contributed by atoms with Crippen LogP contribution in [0.4, 0.5) is 5.69 Å². The van der Waals surface area contributed by atoms with Gasteiger partial charge in [-0.3, -0.25) is 0 Å². The first kappa shape index (κ1) is 12.4. The number of nitrogens with two attached hydrogens (primary N) is 1. The van der Waals surface area contributed by atoms with E-state index in [0.717, 1.165) is 25.2 Å². The normalized spacial score (nSPS) is 20.9. The molecule has 1 saturated heterocycles. The second kappa shape index (κ2) is 6.03. The Balaban J connectivity index is 1.72. The number of ether oxygens (including phenoxy) is 1. The maximum atomic E-state index is 5.92. The molecule has 2 rings (SSSR count). The number of anilines is 1. The number of rotatable bonds is 5. The third-order valence-corrected chi connectivity index (χ3v) is 3.54. The van der Waals surface area contributed by atoms with Crippen molar-refractivity contribution in [3.05, 3.63) is 29.8 Å². The van der Waals surface area contributed by atoms with E-state index in [0.29, 0.717) is 6.10 Å². The number of hydrogen-bond acceptors (Lipinski definition) is 3. The summed E-state index contributed by atoms with van der Waals surface area (Å²) in [6, 6.07) is 8.15. The molecule has 1 aliphatic rings. The van der Waals surface area contributed by atoms with Gasteiger partial charge in [-0.15, -0.1) is 0 Å². The highest BCUT2D eigenvalue weighted by Crippen LogP contribution is 2.15. The van der Waals surface area contributed by atoms with Crippen LogP contribution in [0, 0.1) is 0 Å². The number of para-hydroxylation sites is 1. The molecular formula is C14H22N2O. The van der Waals surface area contributed by atoms with Gasteiger partial charge in [0.2, 0.25) is 0 Å². The van der Waals surface area contributed by atoms with Gasteiger partial charge < -0.3 is 15.4 Å². The lowest BCUT2D eigenvalue weighted by atomic mass is 10.1. The first-order valence-corrected chi connectivity index (χ1v) is 6.38. The monoisotopic (exact) mass is 234 g/mol. The van der Waals surface area contributed by atoms with Crippen LogP contribution in [0.5, 0.6) is 0 Å². The lowest BCUT2D eigenvalue weighted by molar-refractivity contribution is 0.108. The van der Waals surface area contributed by atoms with Gasteiger partial charge >= 0.3 is 0 Å². The van der Waals surface area contributed by atoms with E-state index < -0.39 is 0 Å². The molecule has 0 aliphatic carbocycles. The Hall–Kier alpha value is -1.06. The molecule has 0 bridgehead atoms. The van der Waals surface area contributed by atoms with Crippen molar-refractivity contribution in [2.24, 2.45) is 0 Å². The Morgan fingerprint density at radius 2 is 2.24 bits per heavy atom. The predicted molar refractivity (Wildman–Crippen MR) is 71.0 cm³/mol. The van der Waals surface area contributed by atoms with E-state index in [2.05, 4.69) is 17.0 Å². The molecule has 1 fully saturated rings. The third-order valence-electron chi connectivity index (χ3n) is 3.54. The molecule has 1 atom stereocenters. The Labute approximate surface area is 104 Å². The van der Waals surface area contributed by atoms with E-state index in [9.17, 15) is 0 Å². The van der Waals surface area contributed by atoms with E-state index in [4.69, 9.17) is 10.5 Å². The Morgan fingerprint density at radius 3 is 2.94 bits per heavy atom. The van der Waals surface area contributed by atoms with Crippen molar-refractivity contribution in [1.82, 2.24) is 4.90 Å². The topological polar surface area (TPSA) is 38.5 Å². The maximum absolute atomic E-state index is 5.92. The van der Waals surface area contributed by atoms with Crippen molar-refractivity contribution in [2.45, 2.75) is 25.4 Å². The van der Waals surface area contributed by atoms with E-state index >= 15 is 0 Å². The molecule has 3 nitrogen and oxygen atoms in total. The fourth-order valence-electron chi connectivity index (χ4n) is 2.45. The van der Waals surface area contributed by atoms with Crippen molar-refractivity contribution in [1.29, 1.82) is 0 Å². The average molecular weight is 234 g/mol. The van der Waals surface area contributed by atoms with Gasteiger partial charge in [-0.1, -0.05) is 18.2 Å². The first-order chi connectivity index (χ1) is 8.29. The van der Waals surface area contributed by atoms with Crippen LogP contribution in [0.2, 0.25) is 0 Å². The Morgan fingerprint density at radius 1 is 1.41 bits per heavy atom. The number of likely N-dealkylation sites (tertiary alicyclic amines) is 1. The SMILES string of the molecule is COC1CCN(CCCc2ccccc2N)C1. The third kappa shape index (κ3) is 3.45. The zero-order chi connectivity index (χ0) is 12.1. The quantitative estimate of drug-likeness (QED) is 0.791. The van der Waals surface area contributed by atoms with Gasteiger partial charge in [0.15, 0.2) is 0 Å². The number of aryl methyl sites for hydroxylation is 1. The summed E-state index contributed by atoms with van der Waals surface area (Å²) in [6.07, 6.45) is 3.85. The van der Waals surface area contributed by atoms with Crippen LogP contribution >= 0.6 is 0 Å². The van der Waals surface area contributed by atoms with E-state index in [1.165, 1.54) is 24.9 Å². The fraction of sp³-hybridized carbons (Fsp3) is 0.571. The number of hydrogen-bond donors (Lipinski definition) is 1. The molecule has 1 aromatic carbocycles. The summed E-state index contributed by atoms with van der Waals surface area (Å²) in [5, 5.41) is 0. The molecular weight excluding hydrogens is 212 g/mol. The lowest BCUT2D eigenvalue weighted by Gasteiger charge is -2.15. The maximum Gasteiger partial charge on any atom is 0.0710 e. The zero-order valence-electron chi connectivity index (χ0n) is 10.6. The summed E-state index contributed by atoms with van der Waals surface area (Å²) < 4.78 is 5.36. The molecule has 0 radical (unpaired) electrons. The van der Waals surface area contributed by atoms with E-state index in [1.807, 2.05) is 12.1 Å². The molecule has 0 aromatic heterocycles. The van der Waals surface area contributed by atoms with Gasteiger partial charge in [0, 0.05) is 25.9 Å². The smallest absolute Gasteiger partial charge is 0.0710 e. The standard InChI is InChI=1S/C14H22N2O/c1-17-13-8-10-16(11-13)9-4-6-12-5-2-3-7-14(12)15/h2-3,5,7,13H,4,6,8-11,15H2,1H3. The molecule has 0 spiro atoms. The van der Waals surface area contributed by atoms with Gasteiger partial charge in [-0.05, 0) is 37.4 Å². The minimum atomic E-state index is 0.441. The van der Waals surface area contributed by atoms with E-state index in [-0.39, 0.29) is 0 Å². The van der Waals surface area contributed by atoms with E-state index in [1.54, 1.807) is 7.11 Å². The molecule has 1 heterocycles. The molecule has 1 unspecified atom stereocenters. The second-order valence-electron chi connectivity index (χ2n) is 4.75. The average Bonchev–Trinajstić information content (AvgIpc) is 2.80. The number of nitrogen functional groups attached to an aromatic ring is 1. The van der Waals surface area contributed by atoms with Crippen LogP contribution in [0.3, 0.4) is 0 Å². The van der Waals surface area contributed by atoms with Gasteiger partial charge in [-0.2, -0.15) is 0 Å². The van der Waals surface area contributed by atoms with Gasteiger partial charge in [0.1, 0.15) is 0 Å². The summed E-state index contributed by atoms with van der Waals surface area (Å²) in [5.41, 5.74) is 8.12. The van der Waals surface area contributed by atoms with Crippen molar-refractivity contribution < 1.29 is 4.74 Å². The van der Waals surface area contributed by atoms with Crippen molar-refractivity contribution in [3.8, 4) is 0 Å². The number of nitrogens with zero attached hydrogens (tertiary/aromatic N) is 1. The summed E-state index contributed by atoms with van der Waals surface area (Å²) in [6.45, 7) is 3.40. The van der Waals surface area contributed by atoms with Gasteiger partial charge in [0.05, 0.1) is 6.10 Å². The molecule has 3 heteroatoms. The molecule has 0 amide bonds. The van der Waals surface area contributed by atoms with Gasteiger partial charge in [-0.25, -0.2) is 0 Å². The predicted octanol–water partition coefficient (Wildman–Crippen LogP) is 1.92. The highest BCUT2D eigenvalue weighted by atomic mass is 16.5. The highest BCUT2D eigenvalue weighted by molar-refractivity contribution is 5.46. The lowest BCUT2D eigenvalue weighted by Crippen LogP contribution is -2.24. The summed E-state index contributed by atoms with van der Waals surface area (Å²) >= 11 is 0. The molecule has 94 valence electrons. The van der Waals surface area contributed by atoms with Crippen LogP contribution in [-0.4, -0.2) is 37.7 Å². The van der Waals surface area contributed by atoms with Crippen LogP contribution in [0.25, 0.3) is 0 Å². The molecule has 17 heavy (non-hydrogen) atoms. The summed E-state index contributed by atoms with van der Waals surface area (Å²) in [5.74, 6) is 0. The molecule has 1 aliphatic heterocycles. The first-order valence-electron chi connectivity index (χ1n) is 6.38. The zero-order valence-corrected chi connectivity index (χ0v) is 10.6. The van der Waals surface area contributed by atoms with Crippen molar-refractivity contribution in [2.75, 3.05) is 32.5 Å². The molecule has 1 aromatic rings. The van der Waals surface area contributed by atoms with Crippen LogP contribution in [0.1, 0.15) is 18.4 Å². The molecule has 2 N–H and O–H groups in total. The van der Waals surface area contributed by atoms with Crippen molar-refractivity contribution >= 4 is 5.69 Å². The Bertz CT molecular complexity index is 354. The molecule has 0 saturated carbocycles. The number of methoxy groups -OCH3 is 1. The number of benzene rings is 1. The fourth-order valence-corrected chi connectivity index (χ4v) is 2.45. The van der Waals surface area contributed by atoms with Crippen LogP contribution in [0.15, 0.2) is 24.3 Å². The largest absolute Gasteiger partial charge is 0.399 e. The van der Waals surface area contributed by atoms with Crippen LogP contribution in [-0.2, 0) is 11.2 Å². The summed E-state index contributed by atoms with van der Waals surface area (Å²) in [4.78, 5) is 2.48. The highest BCUT2D eigenvalue weighted by Gasteiger charge is 2.21. The second-order valence-corrected chi connectivity index (χ2v) is 4.75. The minimum Gasteiger partial charge on any atom is -0.399 e. The van der Waals surface area contributed by atoms with Crippen LogP contribution < -0.4 is 5.73 Å². The van der Waals surface area contributed by atoms with Gasteiger partial charge in [0.25, 0.3) is 0 Å². The minimum absolute atomic E-state index is 0.441. The van der Waals surface area contributed by atoms with Crippen molar-refractivity contribution in [3.63, 3.8) is 0 Å². The Kier molecular flexibility index (Phi) is 4.40. The summed E-state index contributed by atoms with van der Waals surface area (Å²) in [7, 11) is 1.80.